The minimum absolute atomic E-state index is 0.185. The first kappa shape index (κ1) is 16.6. The lowest BCUT2D eigenvalue weighted by atomic mass is 10.00. The molecule has 0 amide bonds. The number of halogens is 1. The average molecular weight is 306 g/mol. The summed E-state index contributed by atoms with van der Waals surface area (Å²) in [5.41, 5.74) is 6.68. The highest BCUT2D eigenvalue weighted by atomic mass is 19.1. The maximum atomic E-state index is 13.7. The molecule has 0 atom stereocenters. The van der Waals surface area contributed by atoms with E-state index in [1.54, 1.807) is 12.1 Å². The van der Waals surface area contributed by atoms with Gasteiger partial charge in [0.15, 0.2) is 5.96 Å². The van der Waals surface area contributed by atoms with Gasteiger partial charge in [0.1, 0.15) is 5.82 Å². The molecule has 1 aromatic carbocycles. The van der Waals surface area contributed by atoms with E-state index in [1.165, 1.54) is 18.9 Å². The average Bonchev–Trinajstić information content (AvgIpc) is 2.52. The summed E-state index contributed by atoms with van der Waals surface area (Å²) in [5.74, 6) is 1.26. The van der Waals surface area contributed by atoms with Crippen molar-refractivity contribution in [2.75, 3.05) is 38.1 Å². The van der Waals surface area contributed by atoms with Crippen LogP contribution in [0.4, 0.5) is 10.1 Å². The van der Waals surface area contributed by atoms with E-state index in [-0.39, 0.29) is 5.82 Å². The first-order valence-electron chi connectivity index (χ1n) is 8.08. The van der Waals surface area contributed by atoms with Crippen LogP contribution in [0.5, 0.6) is 0 Å². The van der Waals surface area contributed by atoms with Crippen molar-refractivity contribution in [2.24, 2.45) is 16.6 Å². The van der Waals surface area contributed by atoms with Crippen molar-refractivity contribution in [1.29, 1.82) is 0 Å². The number of para-hydroxylation sites is 1. The van der Waals surface area contributed by atoms with E-state index in [4.69, 9.17) is 5.73 Å². The summed E-state index contributed by atoms with van der Waals surface area (Å²) < 4.78 is 13.7. The maximum Gasteiger partial charge on any atom is 0.191 e. The Morgan fingerprint density at radius 2 is 2.05 bits per heavy atom. The first-order valence-corrected chi connectivity index (χ1v) is 8.08. The zero-order valence-electron chi connectivity index (χ0n) is 13.6. The molecule has 0 saturated carbocycles. The van der Waals surface area contributed by atoms with E-state index in [1.807, 2.05) is 18.0 Å². The van der Waals surface area contributed by atoms with Gasteiger partial charge >= 0.3 is 0 Å². The zero-order chi connectivity index (χ0) is 15.9. The highest BCUT2D eigenvalue weighted by Gasteiger charge is 2.16. The van der Waals surface area contributed by atoms with Crippen LogP contribution >= 0.6 is 0 Å². The molecule has 122 valence electrons. The van der Waals surface area contributed by atoms with Crippen molar-refractivity contribution >= 4 is 11.6 Å². The van der Waals surface area contributed by atoms with Gasteiger partial charge in [-0.2, -0.15) is 0 Å². The second-order valence-corrected chi connectivity index (χ2v) is 6.14. The number of nitrogens with zero attached hydrogens (tertiary/aromatic N) is 3. The first-order chi connectivity index (χ1) is 10.6. The molecule has 0 spiro atoms. The number of piperidine rings is 1. The fourth-order valence-electron chi connectivity index (χ4n) is 2.72. The van der Waals surface area contributed by atoms with Gasteiger partial charge in [0.05, 0.1) is 5.69 Å². The summed E-state index contributed by atoms with van der Waals surface area (Å²) in [7, 11) is 1.90. The van der Waals surface area contributed by atoms with Crippen LogP contribution in [0, 0.1) is 11.7 Å². The van der Waals surface area contributed by atoms with Gasteiger partial charge in [-0.15, -0.1) is 0 Å². The Kier molecular flexibility index (Phi) is 6.04. The molecular formula is C17H27FN4. The van der Waals surface area contributed by atoms with E-state index in [0.29, 0.717) is 18.2 Å². The van der Waals surface area contributed by atoms with Crippen LogP contribution in [0.1, 0.15) is 26.2 Å². The van der Waals surface area contributed by atoms with E-state index in [2.05, 4.69) is 16.8 Å². The van der Waals surface area contributed by atoms with Gasteiger partial charge in [-0.1, -0.05) is 19.1 Å². The highest BCUT2D eigenvalue weighted by molar-refractivity contribution is 5.78. The number of nitrogens with two attached hydrogens (primary N) is 1. The number of hydrogen-bond acceptors (Lipinski definition) is 2. The standard InChI is InChI=1S/C17H27FN4/c1-14-8-12-22(13-9-14)17(19)20-10-5-11-21(2)16-7-4-3-6-15(16)18/h3-4,6-7,14H,5,8-13H2,1-2H3,(H2,19,20). The summed E-state index contributed by atoms with van der Waals surface area (Å²) >= 11 is 0. The molecule has 1 aliphatic heterocycles. The third kappa shape index (κ3) is 4.61. The number of benzene rings is 1. The van der Waals surface area contributed by atoms with Crippen molar-refractivity contribution in [3.8, 4) is 0 Å². The van der Waals surface area contributed by atoms with Crippen LogP contribution in [0.3, 0.4) is 0 Å². The topological polar surface area (TPSA) is 44.9 Å². The van der Waals surface area contributed by atoms with E-state index < -0.39 is 0 Å². The summed E-state index contributed by atoms with van der Waals surface area (Å²) in [4.78, 5) is 8.55. The molecule has 0 aromatic heterocycles. The van der Waals surface area contributed by atoms with Crippen molar-refractivity contribution in [1.82, 2.24) is 4.90 Å². The molecule has 1 fully saturated rings. The number of rotatable bonds is 5. The predicted molar refractivity (Wildman–Crippen MR) is 90.7 cm³/mol. The molecule has 1 saturated heterocycles. The quantitative estimate of drug-likeness (QED) is 0.517. The number of anilines is 1. The lowest BCUT2D eigenvalue weighted by Gasteiger charge is -2.31. The van der Waals surface area contributed by atoms with Crippen LogP contribution in [-0.2, 0) is 0 Å². The Labute approximate surface area is 132 Å². The normalized spacial score (nSPS) is 16.9. The van der Waals surface area contributed by atoms with Gasteiger partial charge < -0.3 is 15.5 Å². The molecule has 5 heteroatoms. The van der Waals surface area contributed by atoms with Gasteiger partial charge in [0.2, 0.25) is 0 Å². The van der Waals surface area contributed by atoms with Crippen molar-refractivity contribution < 1.29 is 4.39 Å². The minimum Gasteiger partial charge on any atom is -0.372 e. The Hall–Kier alpha value is -1.78. The molecule has 1 aliphatic rings. The largest absolute Gasteiger partial charge is 0.372 e. The monoisotopic (exact) mass is 306 g/mol. The Morgan fingerprint density at radius 3 is 2.73 bits per heavy atom. The number of aliphatic imine (C=N–C) groups is 1. The number of likely N-dealkylation sites (tertiary alicyclic amines) is 1. The molecule has 2 N–H and O–H groups in total. The summed E-state index contributed by atoms with van der Waals surface area (Å²) in [6, 6.07) is 6.83. The van der Waals surface area contributed by atoms with Crippen molar-refractivity contribution in [3.63, 3.8) is 0 Å². The second-order valence-electron chi connectivity index (χ2n) is 6.14. The van der Waals surface area contributed by atoms with Crippen molar-refractivity contribution in [2.45, 2.75) is 26.2 Å². The molecule has 0 bridgehead atoms. The number of guanidine groups is 1. The van der Waals surface area contributed by atoms with Crippen molar-refractivity contribution in [3.05, 3.63) is 30.1 Å². The summed E-state index contributed by atoms with van der Waals surface area (Å²) in [6.45, 7) is 5.73. The molecule has 1 heterocycles. The maximum absolute atomic E-state index is 13.7. The number of hydrogen-bond donors (Lipinski definition) is 1. The van der Waals surface area contributed by atoms with E-state index >= 15 is 0 Å². The molecule has 22 heavy (non-hydrogen) atoms. The third-order valence-corrected chi connectivity index (χ3v) is 4.30. The van der Waals surface area contributed by atoms with Gasteiger partial charge in [0, 0.05) is 33.2 Å². The minimum atomic E-state index is -0.185. The van der Waals surface area contributed by atoms with Gasteiger partial charge in [0.25, 0.3) is 0 Å². The van der Waals surface area contributed by atoms with Crippen LogP contribution in [0.15, 0.2) is 29.3 Å². The molecule has 0 unspecified atom stereocenters. The fraction of sp³-hybridized carbons (Fsp3) is 0.588. The van der Waals surface area contributed by atoms with Crippen LogP contribution in [0.2, 0.25) is 0 Å². The second kappa shape index (κ2) is 8.01. The highest BCUT2D eigenvalue weighted by Crippen LogP contribution is 2.17. The smallest absolute Gasteiger partial charge is 0.191 e. The third-order valence-electron chi connectivity index (χ3n) is 4.30. The predicted octanol–water partition coefficient (Wildman–Crippen LogP) is 2.70. The zero-order valence-corrected chi connectivity index (χ0v) is 13.6. The van der Waals surface area contributed by atoms with Crippen LogP contribution < -0.4 is 10.6 Å². The SMILES string of the molecule is CC1CCN(C(N)=NCCCN(C)c2ccccc2F)CC1. The molecule has 1 aromatic rings. The molecule has 4 nitrogen and oxygen atoms in total. The lowest BCUT2D eigenvalue weighted by Crippen LogP contribution is -2.42. The molecule has 0 aliphatic carbocycles. The van der Waals surface area contributed by atoms with Gasteiger partial charge in [-0.25, -0.2) is 4.39 Å². The Balaban J connectivity index is 1.74. The fourth-order valence-corrected chi connectivity index (χ4v) is 2.72. The molecular weight excluding hydrogens is 279 g/mol. The lowest BCUT2D eigenvalue weighted by molar-refractivity contribution is 0.277. The van der Waals surface area contributed by atoms with Crippen LogP contribution in [0.25, 0.3) is 0 Å². The molecule has 0 radical (unpaired) electrons. The molecule has 2 rings (SSSR count). The summed E-state index contributed by atoms with van der Waals surface area (Å²) in [5, 5.41) is 0. The van der Waals surface area contributed by atoms with Crippen LogP contribution in [-0.4, -0.2) is 44.1 Å². The van der Waals surface area contributed by atoms with Gasteiger partial charge in [-0.05, 0) is 37.3 Å². The van der Waals surface area contributed by atoms with E-state index in [9.17, 15) is 4.39 Å². The van der Waals surface area contributed by atoms with Gasteiger partial charge in [-0.3, -0.25) is 4.99 Å². The van der Waals surface area contributed by atoms with E-state index in [0.717, 1.165) is 32.0 Å². The Morgan fingerprint density at radius 1 is 1.36 bits per heavy atom. The Bertz CT molecular complexity index is 495. The summed E-state index contributed by atoms with van der Waals surface area (Å²) in [6.07, 6.45) is 3.23.